The molecule has 0 aromatic rings. The van der Waals surface area contributed by atoms with Crippen molar-refractivity contribution < 1.29 is 9.53 Å². The molecule has 1 unspecified atom stereocenters. The van der Waals surface area contributed by atoms with E-state index in [0.29, 0.717) is 0 Å². The highest BCUT2D eigenvalue weighted by molar-refractivity contribution is 5.86. The van der Waals surface area contributed by atoms with Gasteiger partial charge < -0.3 is 10.1 Å². The third kappa shape index (κ3) is 2.78. The SMILES string of the molecule is CC(C)OCC(=O)C1(C)CCNC1. The van der Waals surface area contributed by atoms with Gasteiger partial charge in [0.15, 0.2) is 5.78 Å². The molecule has 1 heterocycles. The molecular formula is C10H19NO2. The number of ketones is 1. The zero-order chi connectivity index (χ0) is 9.90. The van der Waals surface area contributed by atoms with Crippen molar-refractivity contribution in [3.8, 4) is 0 Å². The quantitative estimate of drug-likeness (QED) is 0.709. The van der Waals surface area contributed by atoms with Gasteiger partial charge >= 0.3 is 0 Å². The normalized spacial score (nSPS) is 28.3. The van der Waals surface area contributed by atoms with E-state index in [1.807, 2.05) is 20.8 Å². The average molecular weight is 185 g/mol. The summed E-state index contributed by atoms with van der Waals surface area (Å²) in [5.41, 5.74) is -0.186. The van der Waals surface area contributed by atoms with Crippen LogP contribution in [0.15, 0.2) is 0 Å². The number of carbonyl (C=O) groups is 1. The predicted octanol–water partition coefficient (Wildman–Crippen LogP) is 0.980. The maximum atomic E-state index is 11.7. The Morgan fingerprint density at radius 3 is 2.77 bits per heavy atom. The first-order chi connectivity index (χ1) is 6.04. The fraction of sp³-hybridized carbons (Fsp3) is 0.900. The fourth-order valence-electron chi connectivity index (χ4n) is 1.47. The predicted molar refractivity (Wildman–Crippen MR) is 51.7 cm³/mol. The van der Waals surface area contributed by atoms with E-state index in [9.17, 15) is 4.79 Å². The molecule has 1 aliphatic rings. The summed E-state index contributed by atoms with van der Waals surface area (Å²) in [6, 6.07) is 0. The van der Waals surface area contributed by atoms with Crippen molar-refractivity contribution in [3.63, 3.8) is 0 Å². The Balaban J connectivity index is 2.38. The number of hydrogen-bond acceptors (Lipinski definition) is 3. The summed E-state index contributed by atoms with van der Waals surface area (Å²) in [7, 11) is 0. The summed E-state index contributed by atoms with van der Waals surface area (Å²) >= 11 is 0. The second-order valence-electron chi connectivity index (χ2n) is 4.27. The van der Waals surface area contributed by atoms with Crippen LogP contribution < -0.4 is 5.32 Å². The molecule has 0 spiro atoms. The van der Waals surface area contributed by atoms with Gasteiger partial charge in [0, 0.05) is 12.0 Å². The van der Waals surface area contributed by atoms with Crippen LogP contribution in [-0.2, 0) is 9.53 Å². The Bertz CT molecular complexity index is 183. The summed E-state index contributed by atoms with van der Waals surface area (Å²) in [5.74, 6) is 0.228. The first-order valence-corrected chi connectivity index (χ1v) is 4.90. The van der Waals surface area contributed by atoms with Crippen LogP contribution in [0.2, 0.25) is 0 Å². The highest BCUT2D eigenvalue weighted by Crippen LogP contribution is 2.25. The lowest BCUT2D eigenvalue weighted by Crippen LogP contribution is -2.33. The topological polar surface area (TPSA) is 38.3 Å². The van der Waals surface area contributed by atoms with Gasteiger partial charge in [0.05, 0.1) is 6.10 Å². The Hall–Kier alpha value is -0.410. The second kappa shape index (κ2) is 4.20. The van der Waals surface area contributed by atoms with E-state index in [1.165, 1.54) is 0 Å². The minimum atomic E-state index is -0.186. The molecule has 0 aromatic carbocycles. The lowest BCUT2D eigenvalue weighted by Gasteiger charge is -2.21. The number of nitrogens with one attached hydrogen (secondary N) is 1. The molecule has 1 aliphatic heterocycles. The molecule has 1 atom stereocenters. The van der Waals surface area contributed by atoms with Gasteiger partial charge in [0.1, 0.15) is 6.61 Å². The van der Waals surface area contributed by atoms with E-state index < -0.39 is 0 Å². The molecule has 1 saturated heterocycles. The standard InChI is InChI=1S/C10H19NO2/c1-8(2)13-6-9(12)10(3)4-5-11-7-10/h8,11H,4-7H2,1-3H3. The van der Waals surface area contributed by atoms with Crippen molar-refractivity contribution in [2.45, 2.75) is 33.3 Å². The highest BCUT2D eigenvalue weighted by Gasteiger charge is 2.35. The van der Waals surface area contributed by atoms with Crippen molar-refractivity contribution in [1.82, 2.24) is 5.32 Å². The fourth-order valence-corrected chi connectivity index (χ4v) is 1.47. The van der Waals surface area contributed by atoms with E-state index in [0.717, 1.165) is 19.5 Å². The summed E-state index contributed by atoms with van der Waals surface area (Å²) in [6.45, 7) is 7.91. The Labute approximate surface area is 79.8 Å². The lowest BCUT2D eigenvalue weighted by atomic mass is 9.85. The highest BCUT2D eigenvalue weighted by atomic mass is 16.5. The van der Waals surface area contributed by atoms with Crippen LogP contribution in [0.3, 0.4) is 0 Å². The molecule has 1 N–H and O–H groups in total. The van der Waals surface area contributed by atoms with E-state index in [4.69, 9.17) is 4.74 Å². The zero-order valence-corrected chi connectivity index (χ0v) is 8.72. The molecule has 0 aromatic heterocycles. The summed E-state index contributed by atoms with van der Waals surface area (Å²) in [4.78, 5) is 11.7. The summed E-state index contributed by atoms with van der Waals surface area (Å²) < 4.78 is 5.30. The van der Waals surface area contributed by atoms with Crippen molar-refractivity contribution in [2.75, 3.05) is 19.7 Å². The molecule has 0 saturated carbocycles. The molecule has 1 fully saturated rings. The van der Waals surface area contributed by atoms with Gasteiger partial charge in [0.2, 0.25) is 0 Å². The minimum absolute atomic E-state index is 0.141. The van der Waals surface area contributed by atoms with Crippen LogP contribution in [-0.4, -0.2) is 31.6 Å². The van der Waals surface area contributed by atoms with Gasteiger partial charge in [-0.3, -0.25) is 4.79 Å². The van der Waals surface area contributed by atoms with E-state index in [-0.39, 0.29) is 23.9 Å². The van der Waals surface area contributed by atoms with Gasteiger partial charge in [-0.05, 0) is 26.8 Å². The van der Waals surface area contributed by atoms with E-state index in [1.54, 1.807) is 0 Å². The maximum Gasteiger partial charge on any atom is 0.165 e. The smallest absolute Gasteiger partial charge is 0.165 e. The monoisotopic (exact) mass is 185 g/mol. The average Bonchev–Trinajstić information content (AvgIpc) is 2.49. The van der Waals surface area contributed by atoms with Crippen LogP contribution >= 0.6 is 0 Å². The number of hydrogen-bond donors (Lipinski definition) is 1. The van der Waals surface area contributed by atoms with Crippen LogP contribution in [0.25, 0.3) is 0 Å². The number of carbonyl (C=O) groups excluding carboxylic acids is 1. The third-order valence-electron chi connectivity index (χ3n) is 2.59. The summed E-state index contributed by atoms with van der Waals surface area (Å²) in [6.07, 6.45) is 1.08. The van der Waals surface area contributed by atoms with Gasteiger partial charge in [-0.25, -0.2) is 0 Å². The maximum absolute atomic E-state index is 11.7. The minimum Gasteiger partial charge on any atom is -0.371 e. The van der Waals surface area contributed by atoms with Crippen molar-refractivity contribution in [1.29, 1.82) is 0 Å². The molecule has 3 heteroatoms. The molecule has 0 bridgehead atoms. The molecule has 0 aliphatic carbocycles. The molecule has 3 nitrogen and oxygen atoms in total. The first-order valence-electron chi connectivity index (χ1n) is 4.90. The molecule has 0 amide bonds. The van der Waals surface area contributed by atoms with Gasteiger partial charge in [-0.1, -0.05) is 6.92 Å². The molecular weight excluding hydrogens is 166 g/mol. The first kappa shape index (κ1) is 10.7. The Kier molecular flexibility index (Phi) is 3.45. The summed E-state index contributed by atoms with van der Waals surface area (Å²) in [5, 5.41) is 3.20. The zero-order valence-electron chi connectivity index (χ0n) is 8.72. The van der Waals surface area contributed by atoms with Crippen LogP contribution in [0.1, 0.15) is 27.2 Å². The molecule has 1 rings (SSSR count). The largest absolute Gasteiger partial charge is 0.371 e. The Morgan fingerprint density at radius 1 is 1.62 bits per heavy atom. The molecule has 76 valence electrons. The van der Waals surface area contributed by atoms with Crippen molar-refractivity contribution in [2.24, 2.45) is 5.41 Å². The molecule has 13 heavy (non-hydrogen) atoms. The van der Waals surface area contributed by atoms with E-state index >= 15 is 0 Å². The van der Waals surface area contributed by atoms with Gasteiger partial charge in [0.25, 0.3) is 0 Å². The van der Waals surface area contributed by atoms with Gasteiger partial charge in [-0.2, -0.15) is 0 Å². The van der Waals surface area contributed by atoms with Crippen LogP contribution in [0, 0.1) is 5.41 Å². The second-order valence-corrected chi connectivity index (χ2v) is 4.27. The van der Waals surface area contributed by atoms with Gasteiger partial charge in [-0.15, -0.1) is 0 Å². The van der Waals surface area contributed by atoms with Crippen LogP contribution in [0.5, 0.6) is 0 Å². The van der Waals surface area contributed by atoms with Crippen LogP contribution in [0.4, 0.5) is 0 Å². The number of ether oxygens (including phenoxy) is 1. The van der Waals surface area contributed by atoms with E-state index in [2.05, 4.69) is 5.32 Å². The lowest BCUT2D eigenvalue weighted by molar-refractivity contribution is -0.133. The van der Waals surface area contributed by atoms with Crippen molar-refractivity contribution >= 4 is 5.78 Å². The Morgan fingerprint density at radius 2 is 2.31 bits per heavy atom. The number of Topliss-reactive ketones (excluding diaryl/α,β-unsaturated/α-hetero) is 1. The number of rotatable bonds is 4. The third-order valence-corrected chi connectivity index (χ3v) is 2.59. The molecule has 0 radical (unpaired) electrons. The van der Waals surface area contributed by atoms with Crippen molar-refractivity contribution in [3.05, 3.63) is 0 Å².